The van der Waals surface area contributed by atoms with Gasteiger partial charge in [-0.15, -0.1) is 0 Å². The molecule has 0 aliphatic heterocycles. The molecule has 2 aromatic heterocycles. The van der Waals surface area contributed by atoms with Crippen LogP contribution >= 0.6 is 0 Å². The molecule has 0 saturated heterocycles. The summed E-state index contributed by atoms with van der Waals surface area (Å²) in [7, 11) is 0. The van der Waals surface area contributed by atoms with Gasteiger partial charge < -0.3 is 14.5 Å². The molecule has 0 bridgehead atoms. The second kappa shape index (κ2) is 13.9. The number of para-hydroxylation sites is 3. The van der Waals surface area contributed by atoms with Crippen LogP contribution in [0.15, 0.2) is 188 Å². The lowest BCUT2D eigenvalue weighted by molar-refractivity contribution is 0.526. The summed E-state index contributed by atoms with van der Waals surface area (Å²) in [6.45, 7) is 4.42. The first-order valence-electron chi connectivity index (χ1n) is 18.6. The van der Waals surface area contributed by atoms with Crippen LogP contribution in [0.1, 0.15) is 32.0 Å². The molecule has 0 amide bonds. The van der Waals surface area contributed by atoms with Gasteiger partial charge in [0.2, 0.25) is 0 Å². The van der Waals surface area contributed by atoms with Crippen LogP contribution in [0.5, 0.6) is 0 Å². The number of benzene rings is 7. The van der Waals surface area contributed by atoms with Crippen molar-refractivity contribution in [3.05, 3.63) is 194 Å². The van der Waals surface area contributed by atoms with E-state index in [4.69, 9.17) is 0 Å². The van der Waals surface area contributed by atoms with Gasteiger partial charge in [-0.3, -0.25) is 0 Å². The molecule has 1 unspecified atom stereocenters. The Bertz CT molecular complexity index is 2780. The highest BCUT2D eigenvalue weighted by atomic mass is 15.2. The first-order valence-corrected chi connectivity index (χ1v) is 18.6. The quantitative estimate of drug-likeness (QED) is 0.150. The predicted molar refractivity (Wildman–Crippen MR) is 226 cm³/mol. The zero-order chi connectivity index (χ0) is 35.7. The van der Waals surface area contributed by atoms with Crippen LogP contribution in [0.2, 0.25) is 0 Å². The standard InChI is InChI=1S/C50H41N3/c1-3-14-36(38-23-25-39(26-24-38)37-15-6-4-7-16-37)31-32-51-35(2)52-47-21-12-10-19-43(47)45-33-40(27-29-49(45)52)41-28-30-50-46(34-41)44-20-11-13-22-48(44)53(50)42-17-8-5-9-18-42/h4-35,51H,3H2,1-2H3/b32-31-,36-14-. The lowest BCUT2D eigenvalue weighted by Crippen LogP contribution is -2.18. The minimum absolute atomic E-state index is 0.0308. The Morgan fingerprint density at radius 1 is 0.528 bits per heavy atom. The molecule has 0 saturated carbocycles. The van der Waals surface area contributed by atoms with E-state index >= 15 is 0 Å². The summed E-state index contributed by atoms with van der Waals surface area (Å²) in [5.41, 5.74) is 13.4. The van der Waals surface area contributed by atoms with E-state index in [0.717, 1.165) is 6.42 Å². The molecule has 0 aliphatic rings. The third-order valence-corrected chi connectivity index (χ3v) is 10.5. The van der Waals surface area contributed by atoms with Crippen molar-refractivity contribution in [1.82, 2.24) is 14.5 Å². The summed E-state index contributed by atoms with van der Waals surface area (Å²) >= 11 is 0. The van der Waals surface area contributed by atoms with E-state index in [1.54, 1.807) is 0 Å². The van der Waals surface area contributed by atoms with Gasteiger partial charge in [0, 0.05) is 27.2 Å². The number of nitrogens with zero attached hydrogens (tertiary/aromatic N) is 2. The van der Waals surface area contributed by atoms with Crippen LogP contribution in [0.25, 0.3) is 77.1 Å². The van der Waals surface area contributed by atoms with Crippen LogP contribution in [0.4, 0.5) is 0 Å². The summed E-state index contributed by atoms with van der Waals surface area (Å²) in [5.74, 6) is 0. The molecular formula is C50H41N3. The zero-order valence-corrected chi connectivity index (χ0v) is 30.1. The molecular weight excluding hydrogens is 643 g/mol. The van der Waals surface area contributed by atoms with E-state index in [0.29, 0.717) is 0 Å². The van der Waals surface area contributed by atoms with Gasteiger partial charge in [-0.1, -0.05) is 134 Å². The van der Waals surface area contributed by atoms with Crippen molar-refractivity contribution in [2.75, 3.05) is 0 Å². The summed E-state index contributed by atoms with van der Waals surface area (Å²) in [4.78, 5) is 0. The van der Waals surface area contributed by atoms with Crippen molar-refractivity contribution >= 4 is 49.2 Å². The molecule has 1 N–H and O–H groups in total. The summed E-state index contributed by atoms with van der Waals surface area (Å²) in [6, 6.07) is 61.4. The van der Waals surface area contributed by atoms with Crippen LogP contribution in [-0.4, -0.2) is 9.13 Å². The lowest BCUT2D eigenvalue weighted by Gasteiger charge is -2.18. The Hall–Kier alpha value is -6.58. The Morgan fingerprint density at radius 2 is 1.04 bits per heavy atom. The van der Waals surface area contributed by atoms with Crippen molar-refractivity contribution in [2.24, 2.45) is 0 Å². The number of aromatic nitrogens is 2. The second-order valence-electron chi connectivity index (χ2n) is 13.7. The van der Waals surface area contributed by atoms with Crippen molar-refractivity contribution in [1.29, 1.82) is 0 Å². The topological polar surface area (TPSA) is 21.9 Å². The molecule has 9 rings (SSSR count). The molecule has 7 aromatic carbocycles. The smallest absolute Gasteiger partial charge is 0.101 e. The molecule has 3 nitrogen and oxygen atoms in total. The number of nitrogens with one attached hydrogen (secondary N) is 1. The average Bonchev–Trinajstić information content (AvgIpc) is 3.73. The molecule has 53 heavy (non-hydrogen) atoms. The molecule has 1 atom stereocenters. The largest absolute Gasteiger partial charge is 0.371 e. The Kier molecular flexibility index (Phi) is 8.45. The maximum absolute atomic E-state index is 3.70. The minimum Gasteiger partial charge on any atom is -0.371 e. The normalized spacial score (nSPS) is 12.8. The molecule has 9 aromatic rings. The molecule has 0 radical (unpaired) electrons. The maximum Gasteiger partial charge on any atom is 0.101 e. The van der Waals surface area contributed by atoms with E-state index in [2.05, 4.69) is 217 Å². The van der Waals surface area contributed by atoms with Crippen molar-refractivity contribution < 1.29 is 0 Å². The van der Waals surface area contributed by atoms with Crippen LogP contribution in [-0.2, 0) is 0 Å². The monoisotopic (exact) mass is 683 g/mol. The number of hydrogen-bond donors (Lipinski definition) is 1. The maximum atomic E-state index is 3.70. The van der Waals surface area contributed by atoms with E-state index in [9.17, 15) is 0 Å². The average molecular weight is 684 g/mol. The molecule has 0 spiro atoms. The van der Waals surface area contributed by atoms with Crippen molar-refractivity contribution in [3.63, 3.8) is 0 Å². The highest BCUT2D eigenvalue weighted by Crippen LogP contribution is 2.38. The van der Waals surface area contributed by atoms with E-state index in [1.165, 1.54) is 82.7 Å². The third kappa shape index (κ3) is 5.91. The predicted octanol–water partition coefficient (Wildman–Crippen LogP) is 13.3. The van der Waals surface area contributed by atoms with Gasteiger partial charge in [0.05, 0.1) is 22.1 Å². The van der Waals surface area contributed by atoms with Crippen molar-refractivity contribution in [2.45, 2.75) is 26.4 Å². The summed E-state index contributed by atoms with van der Waals surface area (Å²) in [5, 5.41) is 8.74. The van der Waals surface area contributed by atoms with Gasteiger partial charge in [-0.05, 0) is 108 Å². The van der Waals surface area contributed by atoms with Gasteiger partial charge >= 0.3 is 0 Å². The molecule has 2 heterocycles. The van der Waals surface area contributed by atoms with Crippen LogP contribution in [0, 0.1) is 0 Å². The SMILES string of the molecule is CC/C=C(/C=C\NC(C)n1c2ccccc2c2cc(-c3ccc4c(c3)c3ccccc3n4-c3ccccc3)ccc21)c1ccc(-c2ccccc2)cc1. The van der Waals surface area contributed by atoms with E-state index in [1.807, 2.05) is 0 Å². The van der Waals surface area contributed by atoms with Gasteiger partial charge in [-0.25, -0.2) is 0 Å². The first kappa shape index (κ1) is 32.3. The Morgan fingerprint density at radius 3 is 1.74 bits per heavy atom. The van der Waals surface area contributed by atoms with Crippen LogP contribution < -0.4 is 5.32 Å². The Labute approximate surface area is 310 Å². The third-order valence-electron chi connectivity index (χ3n) is 10.5. The first-order chi connectivity index (χ1) is 26.2. The summed E-state index contributed by atoms with van der Waals surface area (Å²) in [6.07, 6.45) is 7.59. The fourth-order valence-corrected chi connectivity index (χ4v) is 7.95. The number of fused-ring (bicyclic) bond motifs is 6. The van der Waals surface area contributed by atoms with E-state index < -0.39 is 0 Å². The van der Waals surface area contributed by atoms with Crippen LogP contribution in [0.3, 0.4) is 0 Å². The Balaban J connectivity index is 1.04. The fraction of sp³-hybridized carbons (Fsp3) is 0.0800. The van der Waals surface area contributed by atoms with E-state index in [-0.39, 0.29) is 6.17 Å². The second-order valence-corrected chi connectivity index (χ2v) is 13.7. The minimum atomic E-state index is 0.0308. The zero-order valence-electron chi connectivity index (χ0n) is 30.1. The van der Waals surface area contributed by atoms with Gasteiger partial charge in [0.1, 0.15) is 6.17 Å². The molecule has 3 heteroatoms. The van der Waals surface area contributed by atoms with Gasteiger partial charge in [0.15, 0.2) is 0 Å². The number of allylic oxidation sites excluding steroid dienone is 3. The van der Waals surface area contributed by atoms with Gasteiger partial charge in [0.25, 0.3) is 0 Å². The molecule has 0 aliphatic carbocycles. The molecule has 0 fully saturated rings. The van der Waals surface area contributed by atoms with Gasteiger partial charge in [-0.2, -0.15) is 0 Å². The van der Waals surface area contributed by atoms with Crippen molar-refractivity contribution in [3.8, 4) is 27.9 Å². The molecule has 256 valence electrons. The number of rotatable bonds is 9. The summed E-state index contributed by atoms with van der Waals surface area (Å²) < 4.78 is 4.80. The highest BCUT2D eigenvalue weighted by molar-refractivity contribution is 6.12. The lowest BCUT2D eigenvalue weighted by atomic mass is 10.00. The number of hydrogen-bond acceptors (Lipinski definition) is 1. The fourth-order valence-electron chi connectivity index (χ4n) is 7.95. The highest BCUT2D eigenvalue weighted by Gasteiger charge is 2.17.